The van der Waals surface area contributed by atoms with E-state index in [1.54, 1.807) is 32.0 Å². The SMILES string of the molecule is Cc1nnc(C[C@@H]2C=C(c3ccc(Cl)cc3)c3cc(OC(F)(F)F)ccc3-n3c(C)nnc32)o1. The number of halogens is 4. The van der Waals surface area contributed by atoms with Crippen LogP contribution >= 0.6 is 11.6 Å². The van der Waals surface area contributed by atoms with Crippen LogP contribution in [0.4, 0.5) is 13.2 Å². The van der Waals surface area contributed by atoms with Crippen LogP contribution in [0.25, 0.3) is 11.3 Å². The predicted octanol–water partition coefficient (Wildman–Crippen LogP) is 5.59. The number of ether oxygens (including phenoxy) is 1. The average Bonchev–Trinajstić information content (AvgIpc) is 3.32. The minimum atomic E-state index is -4.82. The number of hydrogen-bond acceptors (Lipinski definition) is 6. The number of alkyl halides is 3. The molecule has 34 heavy (non-hydrogen) atoms. The fourth-order valence-corrected chi connectivity index (χ4v) is 4.17. The van der Waals surface area contributed by atoms with Gasteiger partial charge in [0, 0.05) is 29.8 Å². The van der Waals surface area contributed by atoms with E-state index in [-0.39, 0.29) is 11.7 Å². The molecule has 0 radical (unpaired) electrons. The number of aryl methyl sites for hydroxylation is 2. The molecule has 0 amide bonds. The van der Waals surface area contributed by atoms with Crippen molar-refractivity contribution in [1.82, 2.24) is 25.0 Å². The molecule has 5 rings (SSSR count). The molecule has 0 saturated heterocycles. The van der Waals surface area contributed by atoms with E-state index in [0.29, 0.717) is 51.7 Å². The van der Waals surface area contributed by atoms with Gasteiger partial charge in [0.15, 0.2) is 0 Å². The Morgan fingerprint density at radius 2 is 1.79 bits per heavy atom. The molecule has 11 heteroatoms. The van der Waals surface area contributed by atoms with Crippen LogP contribution in [0.2, 0.25) is 5.02 Å². The first-order valence-corrected chi connectivity index (χ1v) is 10.6. The highest BCUT2D eigenvalue weighted by Gasteiger charge is 2.33. The van der Waals surface area contributed by atoms with Gasteiger partial charge in [0.25, 0.3) is 0 Å². The Morgan fingerprint density at radius 1 is 1.03 bits per heavy atom. The Bertz CT molecular complexity index is 1390. The van der Waals surface area contributed by atoms with Crippen LogP contribution in [0.15, 0.2) is 53.0 Å². The molecule has 1 aliphatic heterocycles. The van der Waals surface area contributed by atoms with Gasteiger partial charge in [-0.3, -0.25) is 4.57 Å². The first kappa shape index (κ1) is 22.1. The van der Waals surface area contributed by atoms with Crippen LogP contribution < -0.4 is 4.74 Å². The summed E-state index contributed by atoms with van der Waals surface area (Å²) in [6, 6.07) is 11.3. The number of hydrogen-bond donors (Lipinski definition) is 0. The lowest BCUT2D eigenvalue weighted by Gasteiger charge is -2.16. The molecule has 0 spiro atoms. The van der Waals surface area contributed by atoms with Crippen molar-refractivity contribution in [3.63, 3.8) is 0 Å². The summed E-state index contributed by atoms with van der Waals surface area (Å²) in [4.78, 5) is 0. The molecule has 2 aromatic heterocycles. The smallest absolute Gasteiger partial charge is 0.426 e. The largest absolute Gasteiger partial charge is 0.573 e. The molecule has 174 valence electrons. The number of rotatable bonds is 4. The van der Waals surface area contributed by atoms with Crippen molar-refractivity contribution in [3.8, 4) is 11.4 Å². The summed E-state index contributed by atoms with van der Waals surface area (Å²) in [7, 11) is 0. The summed E-state index contributed by atoms with van der Waals surface area (Å²) in [5.74, 6) is 1.34. The Labute approximate surface area is 196 Å². The Kier molecular flexibility index (Phi) is 5.40. The van der Waals surface area contributed by atoms with Crippen molar-refractivity contribution in [2.45, 2.75) is 32.5 Å². The van der Waals surface area contributed by atoms with Crippen molar-refractivity contribution in [3.05, 3.63) is 88.1 Å². The zero-order valence-electron chi connectivity index (χ0n) is 18.0. The third kappa shape index (κ3) is 4.28. The number of nitrogens with zero attached hydrogens (tertiary/aromatic N) is 5. The van der Waals surface area contributed by atoms with Gasteiger partial charge in [-0.2, -0.15) is 0 Å². The molecule has 0 N–H and O–H groups in total. The fourth-order valence-electron chi connectivity index (χ4n) is 4.04. The molecule has 4 aromatic rings. The molecule has 1 atom stereocenters. The topological polar surface area (TPSA) is 78.9 Å². The van der Waals surface area contributed by atoms with E-state index in [4.69, 9.17) is 16.0 Å². The second-order valence-corrected chi connectivity index (χ2v) is 8.22. The molecule has 0 bridgehead atoms. The van der Waals surface area contributed by atoms with Gasteiger partial charge >= 0.3 is 6.36 Å². The summed E-state index contributed by atoms with van der Waals surface area (Å²) in [6.07, 6.45) is -2.57. The second-order valence-electron chi connectivity index (χ2n) is 7.78. The van der Waals surface area contributed by atoms with E-state index >= 15 is 0 Å². The lowest BCUT2D eigenvalue weighted by molar-refractivity contribution is -0.274. The monoisotopic (exact) mass is 487 g/mol. The van der Waals surface area contributed by atoms with Crippen LogP contribution in [-0.4, -0.2) is 31.3 Å². The van der Waals surface area contributed by atoms with Crippen molar-refractivity contribution >= 4 is 17.2 Å². The molecule has 3 heterocycles. The minimum absolute atomic E-state index is 0.329. The van der Waals surface area contributed by atoms with Gasteiger partial charge in [-0.05, 0) is 48.4 Å². The van der Waals surface area contributed by atoms with Crippen LogP contribution in [0, 0.1) is 13.8 Å². The van der Waals surface area contributed by atoms with Gasteiger partial charge in [-0.15, -0.1) is 33.6 Å². The van der Waals surface area contributed by atoms with Crippen molar-refractivity contribution in [1.29, 1.82) is 0 Å². The summed E-state index contributed by atoms with van der Waals surface area (Å²) in [5.41, 5.74) is 2.60. The van der Waals surface area contributed by atoms with Gasteiger partial charge in [-0.1, -0.05) is 29.8 Å². The molecular weight excluding hydrogens is 471 g/mol. The molecular formula is C23H17ClF3N5O2. The zero-order chi connectivity index (χ0) is 24.0. The summed E-state index contributed by atoms with van der Waals surface area (Å²) in [6.45, 7) is 3.48. The highest BCUT2D eigenvalue weighted by Crippen LogP contribution is 2.40. The number of fused-ring (bicyclic) bond motifs is 3. The van der Waals surface area contributed by atoms with Gasteiger partial charge in [0.1, 0.15) is 17.4 Å². The molecule has 0 aliphatic carbocycles. The lowest BCUT2D eigenvalue weighted by atomic mass is 9.92. The Balaban J connectivity index is 1.73. The van der Waals surface area contributed by atoms with Crippen LogP contribution in [0.5, 0.6) is 5.75 Å². The Hall–Kier alpha value is -3.66. The maximum atomic E-state index is 13.0. The van der Waals surface area contributed by atoms with Gasteiger partial charge in [0.05, 0.1) is 5.69 Å². The van der Waals surface area contributed by atoms with Crippen LogP contribution in [-0.2, 0) is 6.42 Å². The minimum Gasteiger partial charge on any atom is -0.426 e. The van der Waals surface area contributed by atoms with Crippen molar-refractivity contribution in [2.24, 2.45) is 0 Å². The Morgan fingerprint density at radius 3 is 2.47 bits per heavy atom. The van der Waals surface area contributed by atoms with Crippen LogP contribution in [0.3, 0.4) is 0 Å². The highest BCUT2D eigenvalue weighted by molar-refractivity contribution is 6.30. The highest BCUT2D eigenvalue weighted by atomic mass is 35.5. The maximum absolute atomic E-state index is 13.0. The van der Waals surface area contributed by atoms with E-state index in [2.05, 4.69) is 25.1 Å². The standard InChI is InChI=1S/C23H17ClF3N5O2/c1-12-28-31-22-15(10-21-30-29-13(2)33-21)9-18(14-3-5-16(24)6-4-14)19-11-17(34-23(25,26)27)7-8-20(19)32(12)22/h3-9,11,15H,10H2,1-2H3/t15-/m0/s1. The van der Waals surface area contributed by atoms with Crippen molar-refractivity contribution in [2.75, 3.05) is 0 Å². The first-order chi connectivity index (χ1) is 16.2. The zero-order valence-corrected chi connectivity index (χ0v) is 18.7. The molecule has 1 aliphatic rings. The first-order valence-electron chi connectivity index (χ1n) is 10.3. The molecule has 2 aromatic carbocycles. The third-order valence-electron chi connectivity index (χ3n) is 5.40. The summed E-state index contributed by atoms with van der Waals surface area (Å²) >= 11 is 6.08. The van der Waals surface area contributed by atoms with E-state index in [1.807, 2.05) is 22.8 Å². The molecule has 7 nitrogen and oxygen atoms in total. The van der Waals surface area contributed by atoms with E-state index < -0.39 is 6.36 Å². The van der Waals surface area contributed by atoms with E-state index in [1.165, 1.54) is 12.1 Å². The van der Waals surface area contributed by atoms with Gasteiger partial charge < -0.3 is 9.15 Å². The summed E-state index contributed by atoms with van der Waals surface area (Å²) in [5, 5.41) is 17.1. The van der Waals surface area contributed by atoms with Crippen molar-refractivity contribution < 1.29 is 22.3 Å². The number of benzene rings is 2. The van der Waals surface area contributed by atoms with E-state index in [0.717, 1.165) is 5.56 Å². The molecule has 0 fully saturated rings. The van der Waals surface area contributed by atoms with Crippen LogP contribution in [0.1, 0.15) is 40.5 Å². The second kappa shape index (κ2) is 8.28. The quantitative estimate of drug-likeness (QED) is 0.373. The molecule has 0 unspecified atom stereocenters. The average molecular weight is 488 g/mol. The van der Waals surface area contributed by atoms with Gasteiger partial charge in [0.2, 0.25) is 11.8 Å². The summed E-state index contributed by atoms with van der Waals surface area (Å²) < 4.78 is 50.6. The fraction of sp³-hybridized carbons (Fsp3) is 0.217. The maximum Gasteiger partial charge on any atom is 0.573 e. The van der Waals surface area contributed by atoms with Gasteiger partial charge in [-0.25, -0.2) is 0 Å². The lowest BCUT2D eigenvalue weighted by Crippen LogP contribution is -2.17. The normalized spacial score (nSPS) is 15.4. The third-order valence-corrected chi connectivity index (χ3v) is 5.65. The number of aromatic nitrogens is 5. The van der Waals surface area contributed by atoms with E-state index in [9.17, 15) is 13.2 Å². The predicted molar refractivity (Wildman–Crippen MR) is 117 cm³/mol. The number of allylic oxidation sites excluding steroid dienone is 1. The molecule has 0 saturated carbocycles.